The molecule has 0 spiro atoms. The van der Waals surface area contributed by atoms with Gasteiger partial charge in [-0.25, -0.2) is 0 Å². The van der Waals surface area contributed by atoms with Crippen molar-refractivity contribution in [2.75, 3.05) is 5.32 Å². The van der Waals surface area contributed by atoms with E-state index in [0.29, 0.717) is 24.0 Å². The van der Waals surface area contributed by atoms with Crippen LogP contribution in [0.4, 0.5) is 5.69 Å². The van der Waals surface area contributed by atoms with Gasteiger partial charge in [-0.2, -0.15) is 0 Å². The van der Waals surface area contributed by atoms with E-state index in [2.05, 4.69) is 16.2 Å². The van der Waals surface area contributed by atoms with Crippen molar-refractivity contribution in [3.05, 3.63) is 65.2 Å². The lowest BCUT2D eigenvalue weighted by Gasteiger charge is -2.17. The predicted molar refractivity (Wildman–Crippen MR) is 84.8 cm³/mol. The predicted octanol–water partition coefficient (Wildman–Crippen LogP) is 1.65. The van der Waals surface area contributed by atoms with E-state index in [9.17, 15) is 14.4 Å². The molecule has 2 aromatic carbocycles. The van der Waals surface area contributed by atoms with Gasteiger partial charge in [0.1, 0.15) is 0 Å². The molecule has 0 atom stereocenters. The van der Waals surface area contributed by atoms with Crippen molar-refractivity contribution >= 4 is 23.4 Å². The van der Waals surface area contributed by atoms with E-state index in [1.165, 1.54) is 0 Å². The maximum Gasteiger partial charge on any atom is 0.269 e. The van der Waals surface area contributed by atoms with Gasteiger partial charge >= 0.3 is 0 Å². The Morgan fingerprint density at radius 3 is 2.30 bits per heavy atom. The molecule has 2 aromatic rings. The molecular formula is C17H15N3O3. The number of hydrazine groups is 1. The largest absolute Gasteiger partial charge is 0.326 e. The first kappa shape index (κ1) is 14.8. The van der Waals surface area contributed by atoms with Gasteiger partial charge in [0, 0.05) is 23.2 Å². The van der Waals surface area contributed by atoms with Crippen molar-refractivity contribution in [3.63, 3.8) is 0 Å². The summed E-state index contributed by atoms with van der Waals surface area (Å²) < 4.78 is 0. The quantitative estimate of drug-likeness (QED) is 0.737. The molecule has 23 heavy (non-hydrogen) atoms. The van der Waals surface area contributed by atoms with Gasteiger partial charge in [0.25, 0.3) is 11.8 Å². The number of hydrogen-bond acceptors (Lipinski definition) is 3. The summed E-state index contributed by atoms with van der Waals surface area (Å²) in [4.78, 5) is 35.3. The average Bonchev–Trinajstić information content (AvgIpc) is 2.59. The molecule has 0 aromatic heterocycles. The summed E-state index contributed by atoms with van der Waals surface area (Å²) >= 11 is 0. The molecule has 3 amide bonds. The lowest BCUT2D eigenvalue weighted by Crippen LogP contribution is -2.41. The van der Waals surface area contributed by atoms with Gasteiger partial charge in [0.05, 0.1) is 0 Å². The van der Waals surface area contributed by atoms with Gasteiger partial charge in [-0.1, -0.05) is 18.2 Å². The van der Waals surface area contributed by atoms with Crippen LogP contribution in [0.2, 0.25) is 0 Å². The fourth-order valence-electron chi connectivity index (χ4n) is 2.37. The smallest absolute Gasteiger partial charge is 0.269 e. The zero-order valence-electron chi connectivity index (χ0n) is 12.3. The molecule has 0 unspecified atom stereocenters. The van der Waals surface area contributed by atoms with Crippen LogP contribution < -0.4 is 16.2 Å². The highest BCUT2D eigenvalue weighted by Gasteiger charge is 2.17. The molecule has 0 fully saturated rings. The number of nitrogens with one attached hydrogen (secondary N) is 3. The minimum Gasteiger partial charge on any atom is -0.326 e. The topological polar surface area (TPSA) is 87.3 Å². The van der Waals surface area contributed by atoms with E-state index < -0.39 is 5.91 Å². The first-order valence-corrected chi connectivity index (χ1v) is 7.22. The molecule has 3 N–H and O–H groups in total. The van der Waals surface area contributed by atoms with E-state index in [4.69, 9.17) is 0 Å². The Balaban J connectivity index is 1.65. The number of amides is 3. The van der Waals surface area contributed by atoms with Gasteiger partial charge in [0.2, 0.25) is 5.91 Å². The highest BCUT2D eigenvalue weighted by atomic mass is 16.2. The average molecular weight is 309 g/mol. The van der Waals surface area contributed by atoms with Crippen LogP contribution in [0.3, 0.4) is 0 Å². The molecule has 0 aliphatic carbocycles. The minimum absolute atomic E-state index is 0.0233. The third-order valence-electron chi connectivity index (χ3n) is 3.59. The second-order valence-corrected chi connectivity index (χ2v) is 5.19. The van der Waals surface area contributed by atoms with Crippen LogP contribution in [0.15, 0.2) is 48.5 Å². The maximum atomic E-state index is 12.1. The molecular weight excluding hydrogens is 294 g/mol. The van der Waals surface area contributed by atoms with Gasteiger partial charge in [-0.05, 0) is 42.3 Å². The van der Waals surface area contributed by atoms with Gasteiger partial charge in [-0.15, -0.1) is 0 Å². The zero-order chi connectivity index (χ0) is 16.2. The summed E-state index contributed by atoms with van der Waals surface area (Å²) in [5, 5.41) is 2.76. The molecule has 1 aliphatic heterocycles. The zero-order valence-corrected chi connectivity index (χ0v) is 12.3. The highest BCUT2D eigenvalue weighted by Crippen LogP contribution is 2.23. The number of fused-ring (bicyclic) bond motifs is 1. The first-order chi connectivity index (χ1) is 11.1. The molecule has 0 saturated heterocycles. The Bertz CT molecular complexity index is 772. The van der Waals surface area contributed by atoms with E-state index >= 15 is 0 Å². The lowest BCUT2D eigenvalue weighted by atomic mass is 10.0. The van der Waals surface area contributed by atoms with Crippen molar-refractivity contribution in [2.24, 2.45) is 0 Å². The van der Waals surface area contributed by atoms with Crippen LogP contribution in [0.5, 0.6) is 0 Å². The summed E-state index contributed by atoms with van der Waals surface area (Å²) in [6.45, 7) is 0. The van der Waals surface area contributed by atoms with Crippen LogP contribution in [-0.2, 0) is 11.2 Å². The molecule has 1 aliphatic rings. The second-order valence-electron chi connectivity index (χ2n) is 5.19. The van der Waals surface area contributed by atoms with Crippen molar-refractivity contribution in [2.45, 2.75) is 12.8 Å². The maximum absolute atomic E-state index is 12.1. The van der Waals surface area contributed by atoms with Crippen LogP contribution >= 0.6 is 0 Å². The molecule has 1 heterocycles. The molecule has 116 valence electrons. The van der Waals surface area contributed by atoms with Crippen LogP contribution in [0, 0.1) is 0 Å². The summed E-state index contributed by atoms with van der Waals surface area (Å²) in [5.74, 6) is -0.817. The molecule has 0 radical (unpaired) electrons. The Morgan fingerprint density at radius 1 is 0.870 bits per heavy atom. The van der Waals surface area contributed by atoms with Crippen LogP contribution in [-0.4, -0.2) is 17.7 Å². The fraction of sp³-hybridized carbons (Fsp3) is 0.118. The minimum atomic E-state index is -0.408. The van der Waals surface area contributed by atoms with Gasteiger partial charge < -0.3 is 5.32 Å². The SMILES string of the molecule is O=C1CCc2cc(C(=O)NNC(=O)c3ccccc3)ccc2N1. The van der Waals surface area contributed by atoms with Crippen molar-refractivity contribution in [1.82, 2.24) is 10.9 Å². The molecule has 0 saturated carbocycles. The van der Waals surface area contributed by atoms with E-state index in [1.807, 2.05) is 0 Å². The molecule has 6 heteroatoms. The summed E-state index contributed by atoms with van der Waals surface area (Å²) in [6.07, 6.45) is 1.00. The van der Waals surface area contributed by atoms with Gasteiger partial charge in [-0.3, -0.25) is 25.2 Å². The highest BCUT2D eigenvalue weighted by molar-refractivity contribution is 6.00. The number of aryl methyl sites for hydroxylation is 1. The number of anilines is 1. The summed E-state index contributed by atoms with van der Waals surface area (Å²) in [7, 11) is 0. The van der Waals surface area contributed by atoms with Crippen molar-refractivity contribution < 1.29 is 14.4 Å². The van der Waals surface area contributed by atoms with Crippen molar-refractivity contribution in [1.29, 1.82) is 0 Å². The van der Waals surface area contributed by atoms with Crippen LogP contribution in [0.25, 0.3) is 0 Å². The fourth-order valence-corrected chi connectivity index (χ4v) is 2.37. The summed E-state index contributed by atoms with van der Waals surface area (Å²) in [5.41, 5.74) is 7.28. The number of carbonyl (C=O) groups is 3. The molecule has 6 nitrogen and oxygen atoms in total. The first-order valence-electron chi connectivity index (χ1n) is 7.22. The Morgan fingerprint density at radius 2 is 1.57 bits per heavy atom. The number of hydrogen-bond donors (Lipinski definition) is 3. The second kappa shape index (κ2) is 6.31. The monoisotopic (exact) mass is 309 g/mol. The third kappa shape index (κ3) is 3.37. The van der Waals surface area contributed by atoms with E-state index in [-0.39, 0.29) is 11.8 Å². The lowest BCUT2D eigenvalue weighted by molar-refractivity contribution is -0.116. The molecule has 0 bridgehead atoms. The Hall–Kier alpha value is -3.15. The third-order valence-corrected chi connectivity index (χ3v) is 3.59. The number of rotatable bonds is 2. The number of benzene rings is 2. The van der Waals surface area contributed by atoms with Crippen LogP contribution in [0.1, 0.15) is 32.7 Å². The summed E-state index contributed by atoms with van der Waals surface area (Å²) in [6, 6.07) is 13.6. The van der Waals surface area contributed by atoms with Gasteiger partial charge in [0.15, 0.2) is 0 Å². The van der Waals surface area contributed by atoms with E-state index in [1.54, 1.807) is 48.5 Å². The Labute approximate surface area is 132 Å². The number of carbonyl (C=O) groups excluding carboxylic acids is 3. The molecule has 3 rings (SSSR count). The van der Waals surface area contributed by atoms with Crippen molar-refractivity contribution in [3.8, 4) is 0 Å². The standard InChI is InChI=1S/C17H15N3O3/c21-15-9-7-12-10-13(6-8-14(12)18-15)17(23)20-19-16(22)11-4-2-1-3-5-11/h1-6,8,10H,7,9H2,(H,18,21)(H,19,22)(H,20,23). The Kier molecular flexibility index (Phi) is 4.05. The van der Waals surface area contributed by atoms with E-state index in [0.717, 1.165) is 11.3 Å². The normalized spacial score (nSPS) is 12.8.